The summed E-state index contributed by atoms with van der Waals surface area (Å²) in [5, 5.41) is 8.23. The monoisotopic (exact) mass is 285 g/mol. The zero-order valence-electron chi connectivity index (χ0n) is 13.4. The van der Waals surface area contributed by atoms with Crippen LogP contribution in [0.25, 0.3) is 0 Å². The first-order valence-corrected chi connectivity index (χ1v) is 7.14. The molecule has 0 fully saturated rings. The van der Waals surface area contributed by atoms with Gasteiger partial charge in [-0.1, -0.05) is 32.9 Å². The summed E-state index contributed by atoms with van der Waals surface area (Å²) in [5.74, 6) is 1.24. The molecule has 0 aliphatic rings. The van der Waals surface area contributed by atoms with Crippen molar-refractivity contribution in [3.05, 3.63) is 46.6 Å². The van der Waals surface area contributed by atoms with Crippen LogP contribution in [-0.4, -0.2) is 10.2 Å². The van der Waals surface area contributed by atoms with Gasteiger partial charge in [-0.2, -0.15) is 5.10 Å². The molecular formula is C17H23N3O. The fourth-order valence-electron chi connectivity index (χ4n) is 2.09. The molecule has 0 aliphatic heterocycles. The van der Waals surface area contributed by atoms with Gasteiger partial charge >= 0.3 is 0 Å². The van der Waals surface area contributed by atoms with E-state index in [-0.39, 0.29) is 5.41 Å². The summed E-state index contributed by atoms with van der Waals surface area (Å²) in [6, 6.07) is 8.06. The Labute approximate surface area is 126 Å². The molecule has 2 aromatic rings. The van der Waals surface area contributed by atoms with Crippen LogP contribution in [-0.2, 0) is 12.0 Å². The number of benzene rings is 1. The highest BCUT2D eigenvalue weighted by molar-refractivity contribution is 5.39. The van der Waals surface area contributed by atoms with E-state index < -0.39 is 0 Å². The molecule has 4 heteroatoms. The summed E-state index contributed by atoms with van der Waals surface area (Å²) in [7, 11) is 0. The normalized spacial score (nSPS) is 11.5. The van der Waals surface area contributed by atoms with Crippen molar-refractivity contribution < 1.29 is 4.74 Å². The number of ether oxygens (including phenoxy) is 1. The fourth-order valence-corrected chi connectivity index (χ4v) is 2.09. The second kappa shape index (κ2) is 5.82. The predicted octanol–water partition coefficient (Wildman–Crippen LogP) is 3.64. The van der Waals surface area contributed by atoms with Crippen LogP contribution in [0.5, 0.6) is 11.6 Å². The molecule has 2 rings (SSSR count). The van der Waals surface area contributed by atoms with Gasteiger partial charge in [0.15, 0.2) is 0 Å². The largest absolute Gasteiger partial charge is 0.437 e. The molecule has 0 saturated carbocycles. The van der Waals surface area contributed by atoms with Gasteiger partial charge in [-0.25, -0.2) is 0 Å². The molecule has 0 saturated heterocycles. The number of rotatable bonds is 3. The van der Waals surface area contributed by atoms with Crippen molar-refractivity contribution in [2.75, 3.05) is 0 Å². The number of aryl methyl sites for hydroxylation is 1. The van der Waals surface area contributed by atoms with Crippen molar-refractivity contribution in [3.63, 3.8) is 0 Å². The van der Waals surface area contributed by atoms with Gasteiger partial charge in [-0.05, 0) is 42.5 Å². The first-order chi connectivity index (χ1) is 9.82. The molecule has 1 aromatic carbocycles. The van der Waals surface area contributed by atoms with Gasteiger partial charge in [0.1, 0.15) is 5.75 Å². The van der Waals surface area contributed by atoms with Gasteiger partial charge in [0.05, 0.1) is 5.69 Å². The highest BCUT2D eigenvalue weighted by Gasteiger charge is 2.15. The molecule has 2 N–H and O–H groups in total. The average Bonchev–Trinajstić information content (AvgIpc) is 2.43. The van der Waals surface area contributed by atoms with Crippen molar-refractivity contribution in [1.82, 2.24) is 10.2 Å². The Balaban J connectivity index is 2.29. The quantitative estimate of drug-likeness (QED) is 0.935. The molecule has 0 aliphatic carbocycles. The minimum absolute atomic E-state index is 0.126. The molecule has 21 heavy (non-hydrogen) atoms. The van der Waals surface area contributed by atoms with E-state index >= 15 is 0 Å². The molecule has 1 heterocycles. The van der Waals surface area contributed by atoms with E-state index in [0.717, 1.165) is 22.6 Å². The molecule has 0 unspecified atom stereocenters. The number of hydrogen-bond donors (Lipinski definition) is 1. The van der Waals surface area contributed by atoms with E-state index in [1.165, 1.54) is 5.56 Å². The lowest BCUT2D eigenvalue weighted by molar-refractivity contribution is 0.445. The van der Waals surface area contributed by atoms with Gasteiger partial charge in [0.25, 0.3) is 0 Å². The summed E-state index contributed by atoms with van der Waals surface area (Å²) in [6.45, 7) is 10.8. The van der Waals surface area contributed by atoms with E-state index in [1.54, 1.807) is 0 Å². The van der Waals surface area contributed by atoms with Crippen LogP contribution < -0.4 is 10.5 Å². The standard InChI is InChI=1S/C17H23N3O/c1-11-12(2)19-20-16(15(11)10-18)21-14-8-6-13(7-9-14)17(3,4)5/h6-9H,10,18H2,1-5H3. The summed E-state index contributed by atoms with van der Waals surface area (Å²) in [6.07, 6.45) is 0. The summed E-state index contributed by atoms with van der Waals surface area (Å²) in [4.78, 5) is 0. The van der Waals surface area contributed by atoms with Crippen molar-refractivity contribution >= 4 is 0 Å². The molecule has 4 nitrogen and oxygen atoms in total. The maximum Gasteiger partial charge on any atom is 0.243 e. The Bertz CT molecular complexity index is 628. The Morgan fingerprint density at radius 2 is 1.67 bits per heavy atom. The lowest BCUT2D eigenvalue weighted by atomic mass is 9.87. The van der Waals surface area contributed by atoms with E-state index in [1.807, 2.05) is 26.0 Å². The van der Waals surface area contributed by atoms with Gasteiger partial charge in [0.2, 0.25) is 5.88 Å². The zero-order chi connectivity index (χ0) is 15.6. The Morgan fingerprint density at radius 1 is 1.05 bits per heavy atom. The van der Waals surface area contributed by atoms with Crippen molar-refractivity contribution in [3.8, 4) is 11.6 Å². The van der Waals surface area contributed by atoms with Crippen LogP contribution in [0.4, 0.5) is 0 Å². The second-order valence-electron chi connectivity index (χ2n) is 6.27. The van der Waals surface area contributed by atoms with Crippen molar-refractivity contribution in [2.45, 2.75) is 46.6 Å². The SMILES string of the molecule is Cc1nnc(Oc2ccc(C(C)(C)C)cc2)c(CN)c1C. The number of hydrogen-bond acceptors (Lipinski definition) is 4. The molecule has 0 amide bonds. The number of nitrogens with zero attached hydrogens (tertiary/aromatic N) is 2. The lowest BCUT2D eigenvalue weighted by Crippen LogP contribution is -2.10. The van der Waals surface area contributed by atoms with E-state index in [4.69, 9.17) is 10.5 Å². The molecule has 0 radical (unpaired) electrons. The van der Waals surface area contributed by atoms with Gasteiger partial charge in [-0.3, -0.25) is 0 Å². The Morgan fingerprint density at radius 3 is 2.19 bits per heavy atom. The molecule has 0 atom stereocenters. The van der Waals surface area contributed by atoms with E-state index in [2.05, 4.69) is 43.1 Å². The van der Waals surface area contributed by atoms with Crippen molar-refractivity contribution in [2.24, 2.45) is 5.73 Å². The topological polar surface area (TPSA) is 61.0 Å². The van der Waals surface area contributed by atoms with E-state index in [0.29, 0.717) is 12.4 Å². The Hall–Kier alpha value is -1.94. The first kappa shape index (κ1) is 15.4. The zero-order valence-corrected chi connectivity index (χ0v) is 13.4. The van der Waals surface area contributed by atoms with Crippen LogP contribution in [0, 0.1) is 13.8 Å². The molecule has 0 bridgehead atoms. The van der Waals surface area contributed by atoms with Crippen LogP contribution in [0.15, 0.2) is 24.3 Å². The van der Waals surface area contributed by atoms with Crippen LogP contribution in [0.2, 0.25) is 0 Å². The smallest absolute Gasteiger partial charge is 0.243 e. The molecule has 1 aromatic heterocycles. The average molecular weight is 285 g/mol. The Kier molecular flexibility index (Phi) is 4.28. The van der Waals surface area contributed by atoms with Gasteiger partial charge in [-0.15, -0.1) is 5.10 Å². The predicted molar refractivity (Wildman–Crippen MR) is 84.6 cm³/mol. The highest BCUT2D eigenvalue weighted by atomic mass is 16.5. The van der Waals surface area contributed by atoms with Gasteiger partial charge < -0.3 is 10.5 Å². The van der Waals surface area contributed by atoms with E-state index in [9.17, 15) is 0 Å². The molecule has 0 spiro atoms. The summed E-state index contributed by atoms with van der Waals surface area (Å²) >= 11 is 0. The van der Waals surface area contributed by atoms with Crippen LogP contribution in [0.3, 0.4) is 0 Å². The first-order valence-electron chi connectivity index (χ1n) is 7.14. The third kappa shape index (κ3) is 3.39. The third-order valence-corrected chi connectivity index (χ3v) is 3.68. The van der Waals surface area contributed by atoms with Crippen molar-refractivity contribution in [1.29, 1.82) is 0 Å². The lowest BCUT2D eigenvalue weighted by Gasteiger charge is -2.19. The van der Waals surface area contributed by atoms with Gasteiger partial charge in [0, 0.05) is 12.1 Å². The third-order valence-electron chi connectivity index (χ3n) is 3.68. The summed E-state index contributed by atoms with van der Waals surface area (Å²) in [5.41, 5.74) is 10.0. The number of aromatic nitrogens is 2. The minimum Gasteiger partial charge on any atom is -0.437 e. The van der Waals surface area contributed by atoms with Crippen LogP contribution in [0.1, 0.15) is 43.2 Å². The second-order valence-corrected chi connectivity index (χ2v) is 6.27. The number of nitrogens with two attached hydrogens (primary N) is 1. The molecular weight excluding hydrogens is 262 g/mol. The maximum atomic E-state index is 5.85. The fraction of sp³-hybridized carbons (Fsp3) is 0.412. The van der Waals surface area contributed by atoms with Crippen LogP contribution >= 0.6 is 0 Å². The summed E-state index contributed by atoms with van der Waals surface area (Å²) < 4.78 is 5.85. The highest BCUT2D eigenvalue weighted by Crippen LogP contribution is 2.28. The maximum absolute atomic E-state index is 5.85. The molecule has 112 valence electrons. The minimum atomic E-state index is 0.126.